The third kappa shape index (κ3) is 9.10. The zero-order chi connectivity index (χ0) is 30.6. The Labute approximate surface area is 248 Å². The van der Waals surface area contributed by atoms with Gasteiger partial charge in [0.05, 0.1) is 37.4 Å². The van der Waals surface area contributed by atoms with Crippen LogP contribution in [-0.4, -0.2) is 68.9 Å². The molecule has 8 atom stereocenters. The SMILES string of the molecule is CC/C=C\C(=O)N[C@@H]1C[C@H](C)[C@H](C/C=C(C)/C=C/[C@H]2O[C@H](CC(N)=O)C[C@@]3(CO3)[C@@H]2O[Si](C)(C)C(C)(C)C)O[C@@H]1C. The molecular weight excluding hydrogens is 536 g/mol. The van der Waals surface area contributed by atoms with Crippen molar-refractivity contribution < 1.29 is 28.2 Å². The molecule has 0 aromatic rings. The zero-order valence-electron chi connectivity index (χ0n) is 26.7. The highest BCUT2D eigenvalue weighted by Crippen LogP contribution is 2.48. The molecule has 3 fully saturated rings. The molecule has 0 radical (unpaired) electrons. The summed E-state index contributed by atoms with van der Waals surface area (Å²) in [6.07, 6.45) is 12.2. The van der Waals surface area contributed by atoms with Gasteiger partial charge in [-0.3, -0.25) is 9.59 Å². The van der Waals surface area contributed by atoms with Gasteiger partial charge in [-0.15, -0.1) is 0 Å². The van der Waals surface area contributed by atoms with E-state index in [0.29, 0.717) is 18.9 Å². The van der Waals surface area contributed by atoms with Crippen LogP contribution >= 0.6 is 0 Å². The van der Waals surface area contributed by atoms with Crippen molar-refractivity contribution >= 4 is 20.1 Å². The summed E-state index contributed by atoms with van der Waals surface area (Å²) in [6.45, 7) is 20.1. The number of carbonyl (C=O) groups excluding carboxylic acids is 2. The van der Waals surface area contributed by atoms with Crippen LogP contribution in [0.5, 0.6) is 0 Å². The van der Waals surface area contributed by atoms with Crippen LogP contribution in [0.2, 0.25) is 18.1 Å². The molecule has 1 spiro atoms. The molecule has 0 unspecified atom stereocenters. The third-order valence-electron chi connectivity index (χ3n) is 9.18. The average Bonchev–Trinajstić information content (AvgIpc) is 3.62. The molecule has 3 heterocycles. The number of primary amides is 1. The second kappa shape index (κ2) is 13.7. The van der Waals surface area contributed by atoms with Gasteiger partial charge in [-0.05, 0) is 63.2 Å². The van der Waals surface area contributed by atoms with Gasteiger partial charge in [0.15, 0.2) is 8.32 Å². The lowest BCUT2D eigenvalue weighted by atomic mass is 9.87. The summed E-state index contributed by atoms with van der Waals surface area (Å²) in [6, 6.07) is 0.00632. The van der Waals surface area contributed by atoms with Crippen LogP contribution in [-0.2, 0) is 28.2 Å². The molecule has 9 heteroatoms. The largest absolute Gasteiger partial charge is 0.408 e. The molecule has 3 aliphatic rings. The van der Waals surface area contributed by atoms with Gasteiger partial charge in [-0.25, -0.2) is 0 Å². The highest BCUT2D eigenvalue weighted by atomic mass is 28.4. The van der Waals surface area contributed by atoms with E-state index in [4.69, 9.17) is 24.4 Å². The van der Waals surface area contributed by atoms with Crippen molar-refractivity contribution in [3.05, 3.63) is 36.0 Å². The van der Waals surface area contributed by atoms with Gasteiger partial charge in [-0.1, -0.05) is 64.5 Å². The lowest BCUT2D eigenvalue weighted by Gasteiger charge is -2.46. The van der Waals surface area contributed by atoms with Gasteiger partial charge in [0.1, 0.15) is 17.8 Å². The molecule has 0 saturated carbocycles. The Balaban J connectivity index is 1.68. The molecule has 3 N–H and O–H groups in total. The molecule has 8 nitrogen and oxygen atoms in total. The topological polar surface area (TPSA) is 112 Å². The van der Waals surface area contributed by atoms with Gasteiger partial charge >= 0.3 is 0 Å². The second-order valence-electron chi connectivity index (χ2n) is 13.8. The number of rotatable bonds is 11. The summed E-state index contributed by atoms with van der Waals surface area (Å²) in [5.74, 6) is -0.121. The van der Waals surface area contributed by atoms with E-state index in [2.05, 4.69) is 71.3 Å². The number of allylic oxidation sites excluding steroid dienone is 3. The quantitative estimate of drug-likeness (QED) is 0.145. The van der Waals surface area contributed by atoms with E-state index in [9.17, 15) is 9.59 Å². The number of carbonyl (C=O) groups is 2. The van der Waals surface area contributed by atoms with Gasteiger partial charge in [0.2, 0.25) is 11.8 Å². The molecule has 3 rings (SSSR count). The number of amides is 2. The number of nitrogens with one attached hydrogen (secondary N) is 1. The second-order valence-corrected chi connectivity index (χ2v) is 18.6. The van der Waals surface area contributed by atoms with E-state index in [-0.39, 0.29) is 59.8 Å². The fourth-order valence-electron chi connectivity index (χ4n) is 5.46. The first-order chi connectivity index (χ1) is 19.1. The molecule has 232 valence electrons. The van der Waals surface area contributed by atoms with Crippen molar-refractivity contribution in [2.45, 2.75) is 141 Å². The fourth-order valence-corrected chi connectivity index (χ4v) is 6.80. The Morgan fingerprint density at radius 1 is 1.17 bits per heavy atom. The number of nitrogens with two attached hydrogens (primary N) is 1. The van der Waals surface area contributed by atoms with Crippen LogP contribution in [0, 0.1) is 5.92 Å². The number of hydrogen-bond donors (Lipinski definition) is 2. The number of hydrogen-bond acceptors (Lipinski definition) is 6. The lowest BCUT2D eigenvalue weighted by Crippen LogP contribution is -2.57. The number of epoxide rings is 1. The van der Waals surface area contributed by atoms with Crippen LogP contribution in [0.4, 0.5) is 0 Å². The maximum atomic E-state index is 12.2. The van der Waals surface area contributed by atoms with E-state index in [1.807, 2.05) is 19.9 Å². The molecular formula is C32H54N2O6Si. The summed E-state index contributed by atoms with van der Waals surface area (Å²) < 4.78 is 25.7. The Bertz CT molecular complexity index is 1010. The van der Waals surface area contributed by atoms with Crippen molar-refractivity contribution in [1.82, 2.24) is 5.32 Å². The van der Waals surface area contributed by atoms with Crippen LogP contribution in [0.15, 0.2) is 36.0 Å². The molecule has 41 heavy (non-hydrogen) atoms. The molecule has 0 bridgehead atoms. The summed E-state index contributed by atoms with van der Waals surface area (Å²) in [5, 5.41) is 3.13. The Kier molecular flexibility index (Phi) is 11.2. The number of ether oxygens (including phenoxy) is 3. The van der Waals surface area contributed by atoms with Crippen molar-refractivity contribution in [3.63, 3.8) is 0 Å². The van der Waals surface area contributed by atoms with Gasteiger partial charge in [0, 0.05) is 6.42 Å². The van der Waals surface area contributed by atoms with Crippen molar-refractivity contribution in [2.24, 2.45) is 11.7 Å². The third-order valence-corrected chi connectivity index (χ3v) is 13.6. The molecule has 3 aliphatic heterocycles. The zero-order valence-corrected chi connectivity index (χ0v) is 27.7. The van der Waals surface area contributed by atoms with E-state index >= 15 is 0 Å². The predicted octanol–water partition coefficient (Wildman–Crippen LogP) is 5.34. The van der Waals surface area contributed by atoms with Crippen LogP contribution < -0.4 is 11.1 Å². The highest BCUT2D eigenvalue weighted by molar-refractivity contribution is 6.74. The maximum absolute atomic E-state index is 12.2. The van der Waals surface area contributed by atoms with E-state index in [0.717, 1.165) is 24.8 Å². The molecule has 0 aromatic carbocycles. The fraction of sp³-hybridized carbons (Fsp3) is 0.750. The predicted molar refractivity (Wildman–Crippen MR) is 165 cm³/mol. The highest BCUT2D eigenvalue weighted by Gasteiger charge is 2.61. The van der Waals surface area contributed by atoms with E-state index in [1.165, 1.54) is 0 Å². The minimum absolute atomic E-state index is 0.00632. The van der Waals surface area contributed by atoms with Crippen LogP contribution in [0.1, 0.15) is 80.6 Å². The van der Waals surface area contributed by atoms with E-state index in [1.54, 1.807) is 6.08 Å². The Morgan fingerprint density at radius 2 is 1.85 bits per heavy atom. The van der Waals surface area contributed by atoms with Crippen molar-refractivity contribution in [2.75, 3.05) is 6.61 Å². The molecule has 2 amide bonds. The summed E-state index contributed by atoms with van der Waals surface area (Å²) >= 11 is 0. The lowest BCUT2D eigenvalue weighted by molar-refractivity contribution is -0.140. The average molecular weight is 591 g/mol. The van der Waals surface area contributed by atoms with Crippen molar-refractivity contribution in [1.29, 1.82) is 0 Å². The van der Waals surface area contributed by atoms with Gasteiger partial charge < -0.3 is 29.7 Å². The molecule has 0 aromatic heterocycles. The monoisotopic (exact) mass is 590 g/mol. The Morgan fingerprint density at radius 3 is 2.44 bits per heavy atom. The van der Waals surface area contributed by atoms with Crippen molar-refractivity contribution in [3.8, 4) is 0 Å². The van der Waals surface area contributed by atoms with E-state index < -0.39 is 13.9 Å². The smallest absolute Gasteiger partial charge is 0.243 e. The first-order valence-electron chi connectivity index (χ1n) is 15.3. The summed E-state index contributed by atoms with van der Waals surface area (Å²) in [5.41, 5.74) is 6.20. The minimum Gasteiger partial charge on any atom is -0.408 e. The van der Waals surface area contributed by atoms with Crippen LogP contribution in [0.25, 0.3) is 0 Å². The summed E-state index contributed by atoms with van der Waals surface area (Å²) in [7, 11) is -2.11. The minimum atomic E-state index is -2.11. The standard InChI is InChI=1S/C32H54N2O6Si/c1-10-11-12-29(36)34-25-17-22(3)26(38-23(25)4)15-13-21(2)14-16-27-30(40-41(8,9)31(5,6)7)32(20-37-32)19-24(39-27)18-28(33)35/h11-14,16,22-27,30H,10,15,17-20H2,1-9H3,(H2,33,35)(H,34,36)/b12-11-,16-14+,21-13+/t22-,23+,24+,25+,26-,27+,30+,32+/m0/s1. The summed E-state index contributed by atoms with van der Waals surface area (Å²) in [4.78, 5) is 23.9. The Hall–Kier alpha value is -1.78. The normalized spacial score (nSPS) is 34.9. The van der Waals surface area contributed by atoms with Crippen LogP contribution in [0.3, 0.4) is 0 Å². The van der Waals surface area contributed by atoms with Gasteiger partial charge in [0.25, 0.3) is 0 Å². The maximum Gasteiger partial charge on any atom is 0.243 e. The molecule has 0 aliphatic carbocycles. The molecule has 3 saturated heterocycles. The first-order valence-corrected chi connectivity index (χ1v) is 18.2. The van der Waals surface area contributed by atoms with Gasteiger partial charge in [-0.2, -0.15) is 0 Å². The first kappa shape index (κ1) is 33.7.